The number of aryl methyl sites for hydroxylation is 1. The molecule has 1 saturated carbocycles. The average molecular weight is 193 g/mol. The molecular weight excluding hydrogens is 178 g/mol. The van der Waals surface area contributed by atoms with Gasteiger partial charge in [0, 0.05) is 11.8 Å². The SMILES string of the molecule is Cc1cc(N)nn1CC12CC(CO1)C2. The maximum Gasteiger partial charge on any atom is 0.145 e. The fourth-order valence-electron chi connectivity index (χ4n) is 2.67. The number of nitrogens with zero attached hydrogens (tertiary/aromatic N) is 2. The highest BCUT2D eigenvalue weighted by molar-refractivity contribution is 5.29. The molecule has 1 aromatic rings. The van der Waals surface area contributed by atoms with Gasteiger partial charge in [0.25, 0.3) is 0 Å². The molecule has 3 aliphatic rings. The molecular formula is C10H15N3O. The molecule has 0 unspecified atom stereocenters. The summed E-state index contributed by atoms with van der Waals surface area (Å²) in [5.74, 6) is 1.41. The maximum absolute atomic E-state index is 5.78. The van der Waals surface area contributed by atoms with Crippen LogP contribution in [0.15, 0.2) is 6.07 Å². The number of nitrogens with two attached hydrogens (primary N) is 1. The molecule has 4 nitrogen and oxygen atoms in total. The van der Waals surface area contributed by atoms with Crippen LogP contribution in [0.4, 0.5) is 5.82 Å². The van der Waals surface area contributed by atoms with E-state index in [1.54, 1.807) is 0 Å². The van der Waals surface area contributed by atoms with E-state index in [2.05, 4.69) is 5.10 Å². The minimum atomic E-state index is 0.0912. The van der Waals surface area contributed by atoms with Crippen LogP contribution in [0.5, 0.6) is 0 Å². The van der Waals surface area contributed by atoms with E-state index in [-0.39, 0.29) is 5.60 Å². The Kier molecular flexibility index (Phi) is 1.49. The number of hydrogen-bond donors (Lipinski definition) is 1. The number of hydrogen-bond acceptors (Lipinski definition) is 3. The van der Waals surface area contributed by atoms with Gasteiger partial charge in [0.05, 0.1) is 18.8 Å². The Bertz CT molecular complexity index is 360. The summed E-state index contributed by atoms with van der Waals surface area (Å²) >= 11 is 0. The monoisotopic (exact) mass is 193 g/mol. The Labute approximate surface area is 83.0 Å². The zero-order valence-corrected chi connectivity index (χ0v) is 8.36. The van der Waals surface area contributed by atoms with Gasteiger partial charge in [-0.05, 0) is 25.7 Å². The van der Waals surface area contributed by atoms with E-state index in [0.29, 0.717) is 5.82 Å². The predicted molar refractivity (Wildman–Crippen MR) is 52.8 cm³/mol. The average Bonchev–Trinajstić information content (AvgIpc) is 2.66. The fourth-order valence-corrected chi connectivity index (χ4v) is 2.67. The van der Waals surface area contributed by atoms with Crippen molar-refractivity contribution in [1.82, 2.24) is 9.78 Å². The van der Waals surface area contributed by atoms with Crippen molar-refractivity contribution in [2.24, 2.45) is 5.92 Å². The van der Waals surface area contributed by atoms with Crippen molar-refractivity contribution >= 4 is 5.82 Å². The zero-order chi connectivity index (χ0) is 9.76. The van der Waals surface area contributed by atoms with Crippen LogP contribution in [0.1, 0.15) is 18.5 Å². The molecule has 2 aliphatic heterocycles. The normalized spacial score (nSPS) is 34.5. The minimum absolute atomic E-state index is 0.0912. The van der Waals surface area contributed by atoms with Crippen LogP contribution in [-0.2, 0) is 11.3 Å². The van der Waals surface area contributed by atoms with Crippen LogP contribution in [0.3, 0.4) is 0 Å². The van der Waals surface area contributed by atoms with Crippen LogP contribution in [-0.4, -0.2) is 22.0 Å². The lowest BCUT2D eigenvalue weighted by atomic mass is 9.74. The quantitative estimate of drug-likeness (QED) is 0.761. The third kappa shape index (κ3) is 1.07. The molecule has 3 heterocycles. The Morgan fingerprint density at radius 2 is 2.50 bits per heavy atom. The summed E-state index contributed by atoms with van der Waals surface area (Å²) in [5, 5.41) is 4.26. The van der Waals surface area contributed by atoms with Crippen molar-refractivity contribution < 1.29 is 4.74 Å². The number of ether oxygens (including phenoxy) is 1. The summed E-state index contributed by atoms with van der Waals surface area (Å²) in [4.78, 5) is 0. The molecule has 2 N–H and O–H groups in total. The van der Waals surface area contributed by atoms with Crippen LogP contribution in [0, 0.1) is 12.8 Å². The Morgan fingerprint density at radius 1 is 1.71 bits per heavy atom. The molecule has 4 heteroatoms. The highest BCUT2D eigenvalue weighted by Gasteiger charge is 2.52. The molecule has 1 aliphatic carbocycles. The molecule has 0 spiro atoms. The maximum atomic E-state index is 5.78. The van der Waals surface area contributed by atoms with Crippen LogP contribution in [0.25, 0.3) is 0 Å². The topological polar surface area (TPSA) is 53.1 Å². The summed E-state index contributed by atoms with van der Waals surface area (Å²) in [6.07, 6.45) is 2.40. The molecule has 3 fully saturated rings. The van der Waals surface area contributed by atoms with Gasteiger partial charge in [0.1, 0.15) is 5.82 Å². The molecule has 2 bridgehead atoms. The molecule has 0 radical (unpaired) electrons. The van der Waals surface area contributed by atoms with Gasteiger partial charge in [-0.25, -0.2) is 0 Å². The number of nitrogen functional groups attached to an aromatic ring is 1. The van der Waals surface area contributed by atoms with Gasteiger partial charge in [-0.1, -0.05) is 0 Å². The number of aromatic nitrogens is 2. The van der Waals surface area contributed by atoms with E-state index in [9.17, 15) is 0 Å². The molecule has 14 heavy (non-hydrogen) atoms. The van der Waals surface area contributed by atoms with E-state index >= 15 is 0 Å². The first-order chi connectivity index (χ1) is 6.67. The van der Waals surface area contributed by atoms with Gasteiger partial charge < -0.3 is 10.5 Å². The standard InChI is InChI=1S/C10H15N3O/c1-7-2-9(11)12-13(7)6-10-3-8(4-10)5-14-10/h2,8H,3-6H2,1H3,(H2,11,12). The summed E-state index contributed by atoms with van der Waals surface area (Å²) in [5.41, 5.74) is 6.85. The second-order valence-electron chi connectivity index (χ2n) is 4.64. The first-order valence-corrected chi connectivity index (χ1v) is 5.11. The molecule has 1 aromatic heterocycles. The van der Waals surface area contributed by atoms with Crippen LogP contribution in [0.2, 0.25) is 0 Å². The second-order valence-corrected chi connectivity index (χ2v) is 4.64. The van der Waals surface area contributed by atoms with Crippen molar-refractivity contribution in [2.75, 3.05) is 12.3 Å². The van der Waals surface area contributed by atoms with Crippen molar-refractivity contribution in [3.63, 3.8) is 0 Å². The predicted octanol–water partition coefficient (Wildman–Crippen LogP) is 0.953. The smallest absolute Gasteiger partial charge is 0.145 e. The molecule has 4 rings (SSSR count). The lowest BCUT2D eigenvalue weighted by Crippen LogP contribution is -2.41. The summed E-state index contributed by atoms with van der Waals surface area (Å²) < 4.78 is 7.75. The van der Waals surface area contributed by atoms with E-state index in [1.807, 2.05) is 17.7 Å². The second kappa shape index (κ2) is 2.51. The van der Waals surface area contributed by atoms with E-state index in [0.717, 1.165) is 24.8 Å². The minimum Gasteiger partial charge on any atom is -0.382 e. The molecule has 0 amide bonds. The summed E-state index contributed by atoms with van der Waals surface area (Å²) in [6, 6.07) is 1.90. The zero-order valence-electron chi connectivity index (χ0n) is 8.36. The lowest BCUT2D eigenvalue weighted by Gasteiger charge is -2.35. The first-order valence-electron chi connectivity index (χ1n) is 5.11. The van der Waals surface area contributed by atoms with Gasteiger partial charge in [-0.2, -0.15) is 5.10 Å². The van der Waals surface area contributed by atoms with Gasteiger partial charge in [0.15, 0.2) is 0 Å². The number of rotatable bonds is 2. The summed E-state index contributed by atoms with van der Waals surface area (Å²) in [7, 11) is 0. The fraction of sp³-hybridized carbons (Fsp3) is 0.700. The van der Waals surface area contributed by atoms with Crippen LogP contribution < -0.4 is 5.73 Å². The van der Waals surface area contributed by atoms with Gasteiger partial charge >= 0.3 is 0 Å². The van der Waals surface area contributed by atoms with Crippen molar-refractivity contribution in [3.8, 4) is 0 Å². The van der Waals surface area contributed by atoms with E-state index in [1.165, 1.54) is 12.8 Å². The number of fused-ring (bicyclic) bond motifs is 1. The van der Waals surface area contributed by atoms with Crippen molar-refractivity contribution in [2.45, 2.75) is 31.9 Å². The lowest BCUT2D eigenvalue weighted by molar-refractivity contribution is -0.0167. The third-order valence-corrected chi connectivity index (χ3v) is 3.38. The number of anilines is 1. The van der Waals surface area contributed by atoms with E-state index in [4.69, 9.17) is 10.5 Å². The van der Waals surface area contributed by atoms with Gasteiger partial charge in [-0.15, -0.1) is 0 Å². The van der Waals surface area contributed by atoms with Gasteiger partial charge in [-0.3, -0.25) is 4.68 Å². The van der Waals surface area contributed by atoms with Gasteiger partial charge in [0.2, 0.25) is 0 Å². The molecule has 76 valence electrons. The Balaban J connectivity index is 1.81. The summed E-state index contributed by atoms with van der Waals surface area (Å²) in [6.45, 7) is 3.84. The largest absolute Gasteiger partial charge is 0.382 e. The Hall–Kier alpha value is -1.03. The highest BCUT2D eigenvalue weighted by atomic mass is 16.5. The Morgan fingerprint density at radius 3 is 3.00 bits per heavy atom. The highest BCUT2D eigenvalue weighted by Crippen LogP contribution is 2.49. The first kappa shape index (κ1) is 8.29. The van der Waals surface area contributed by atoms with E-state index < -0.39 is 0 Å². The van der Waals surface area contributed by atoms with Crippen molar-refractivity contribution in [1.29, 1.82) is 0 Å². The molecule has 2 saturated heterocycles. The molecule has 0 atom stereocenters. The van der Waals surface area contributed by atoms with Crippen LogP contribution >= 0.6 is 0 Å². The molecule has 0 aromatic carbocycles. The van der Waals surface area contributed by atoms with Crippen molar-refractivity contribution in [3.05, 3.63) is 11.8 Å². The third-order valence-electron chi connectivity index (χ3n) is 3.38.